The predicted octanol–water partition coefficient (Wildman–Crippen LogP) is 6.23. The molecule has 4 N–H and O–H groups in total. The van der Waals surface area contributed by atoms with Crippen LogP contribution in [0.25, 0.3) is 11.1 Å². The van der Waals surface area contributed by atoms with Crippen molar-refractivity contribution in [3.63, 3.8) is 0 Å². The van der Waals surface area contributed by atoms with E-state index in [0.717, 1.165) is 11.1 Å². The van der Waals surface area contributed by atoms with Crippen molar-refractivity contribution < 1.29 is 30.0 Å². The van der Waals surface area contributed by atoms with Gasteiger partial charge in [0.05, 0.1) is 22.7 Å². The van der Waals surface area contributed by atoms with Crippen molar-refractivity contribution in [2.24, 2.45) is 20.5 Å². The number of carboxylic acids is 2. The van der Waals surface area contributed by atoms with Crippen LogP contribution in [0, 0.1) is 0 Å². The molecule has 12 heteroatoms. The number of benzene rings is 4. The topological polar surface area (TPSA) is 164 Å². The minimum atomic E-state index is -1.26. The van der Waals surface area contributed by atoms with Gasteiger partial charge in [-0.05, 0) is 71.8 Å². The van der Waals surface area contributed by atoms with Gasteiger partial charge in [-0.3, -0.25) is 0 Å². The van der Waals surface area contributed by atoms with Crippen molar-refractivity contribution in [1.29, 1.82) is 0 Å². The second-order valence-corrected chi connectivity index (χ2v) is 7.51. The van der Waals surface area contributed by atoms with Gasteiger partial charge in [-0.15, -0.1) is 0 Å². The number of carbonyl (C=O) groups is 2. The molecule has 0 bridgehead atoms. The summed E-state index contributed by atoms with van der Waals surface area (Å²) in [7, 11) is 0. The SMILES string of the molecule is O=C(O)c1cc(N=Nc2ccc(-c3ccc(N=Nc4ccc(O)c(C(=O)O)c4)cc3)cc2)ccc1O.[Na].[Na]. The van der Waals surface area contributed by atoms with Gasteiger partial charge in [0.25, 0.3) is 0 Å². The second kappa shape index (κ2) is 14.0. The van der Waals surface area contributed by atoms with Gasteiger partial charge < -0.3 is 20.4 Å². The Bertz CT molecular complexity index is 1390. The van der Waals surface area contributed by atoms with Crippen LogP contribution >= 0.6 is 0 Å². The van der Waals surface area contributed by atoms with Crippen LogP contribution in [-0.2, 0) is 0 Å². The van der Waals surface area contributed by atoms with Crippen molar-refractivity contribution in [2.45, 2.75) is 0 Å². The fourth-order valence-electron chi connectivity index (χ4n) is 3.19. The van der Waals surface area contributed by atoms with Crippen LogP contribution < -0.4 is 0 Å². The zero-order chi connectivity index (χ0) is 25.7. The number of carboxylic acid groups (broad SMARTS) is 2. The molecule has 0 aromatic heterocycles. The van der Waals surface area contributed by atoms with E-state index in [1.165, 1.54) is 36.4 Å². The first kappa shape index (κ1) is 30.8. The maximum absolute atomic E-state index is 11.1. The summed E-state index contributed by atoms with van der Waals surface area (Å²) in [5.41, 5.74) is 3.04. The zero-order valence-corrected chi connectivity index (χ0v) is 24.5. The van der Waals surface area contributed by atoms with E-state index in [9.17, 15) is 19.8 Å². The van der Waals surface area contributed by atoms with Gasteiger partial charge in [-0.25, -0.2) is 9.59 Å². The summed E-state index contributed by atoms with van der Waals surface area (Å²) >= 11 is 0. The van der Waals surface area contributed by atoms with Crippen molar-refractivity contribution in [1.82, 2.24) is 0 Å². The zero-order valence-electron chi connectivity index (χ0n) is 20.5. The Hall–Kier alpha value is -3.38. The van der Waals surface area contributed by atoms with Crippen LogP contribution in [0.4, 0.5) is 22.7 Å². The molecular formula is C26H18N4Na2O6. The molecule has 0 fully saturated rings. The Kier molecular flexibility index (Phi) is 11.3. The Morgan fingerprint density at radius 3 is 1.08 bits per heavy atom. The summed E-state index contributed by atoms with van der Waals surface area (Å²) in [6.45, 7) is 0. The van der Waals surface area contributed by atoms with E-state index in [-0.39, 0.29) is 81.7 Å². The Morgan fingerprint density at radius 1 is 0.474 bits per heavy atom. The fraction of sp³-hybridized carbons (Fsp3) is 0. The molecule has 4 aromatic rings. The number of rotatable bonds is 7. The molecule has 4 aromatic carbocycles. The molecule has 0 atom stereocenters. The summed E-state index contributed by atoms with van der Waals surface area (Å²) in [6, 6.07) is 22.4. The predicted molar refractivity (Wildman–Crippen MR) is 142 cm³/mol. The molecule has 0 heterocycles. The normalized spacial score (nSPS) is 10.6. The molecule has 38 heavy (non-hydrogen) atoms. The number of nitrogens with zero attached hydrogens (tertiary/aromatic N) is 4. The molecule has 0 aliphatic carbocycles. The van der Waals surface area contributed by atoms with Crippen LogP contribution in [0.5, 0.6) is 11.5 Å². The Morgan fingerprint density at radius 2 is 0.763 bits per heavy atom. The molecular weight excluding hydrogens is 510 g/mol. The monoisotopic (exact) mass is 528 g/mol. The van der Waals surface area contributed by atoms with E-state index in [1.54, 1.807) is 24.3 Å². The largest absolute Gasteiger partial charge is 0.507 e. The summed E-state index contributed by atoms with van der Waals surface area (Å²) in [5.74, 6) is -3.19. The van der Waals surface area contributed by atoms with Gasteiger partial charge in [0.2, 0.25) is 0 Å². The molecule has 0 aliphatic heterocycles. The van der Waals surface area contributed by atoms with Gasteiger partial charge in [0, 0.05) is 59.1 Å². The van der Waals surface area contributed by atoms with Crippen molar-refractivity contribution in [2.75, 3.05) is 0 Å². The van der Waals surface area contributed by atoms with E-state index < -0.39 is 11.9 Å². The maximum Gasteiger partial charge on any atom is 0.339 e. The van der Waals surface area contributed by atoms with Crippen LogP contribution in [0.15, 0.2) is 105 Å². The summed E-state index contributed by atoms with van der Waals surface area (Å²) < 4.78 is 0. The fourth-order valence-corrected chi connectivity index (χ4v) is 3.19. The van der Waals surface area contributed by atoms with Gasteiger partial charge >= 0.3 is 11.9 Å². The van der Waals surface area contributed by atoms with Crippen LogP contribution in [-0.4, -0.2) is 91.5 Å². The standard InChI is InChI=1S/C26H18N4O6.2Na/c31-23-11-9-19(13-21(23)25(33)34)29-27-17-5-1-15(2-6-17)16-3-7-18(8-4-16)28-30-20-10-12-24(32)22(14-20)26(35)36;;/h1-14,31-32H,(H,33,34)(H,35,36);;. The number of hydrogen-bond acceptors (Lipinski definition) is 8. The quantitative estimate of drug-likeness (QED) is 0.164. The van der Waals surface area contributed by atoms with Crippen molar-refractivity contribution >= 4 is 93.8 Å². The molecule has 0 spiro atoms. The Labute approximate surface area is 261 Å². The molecule has 0 aliphatic rings. The van der Waals surface area contributed by atoms with E-state index in [0.29, 0.717) is 22.7 Å². The van der Waals surface area contributed by atoms with Gasteiger partial charge in [0.1, 0.15) is 22.6 Å². The molecule has 10 nitrogen and oxygen atoms in total. The summed E-state index contributed by atoms with van der Waals surface area (Å²) in [6.07, 6.45) is 0. The summed E-state index contributed by atoms with van der Waals surface area (Å²) in [4.78, 5) is 22.2. The molecule has 2 radical (unpaired) electrons. The minimum Gasteiger partial charge on any atom is -0.507 e. The van der Waals surface area contributed by atoms with Gasteiger partial charge in [-0.2, -0.15) is 20.5 Å². The van der Waals surface area contributed by atoms with Crippen molar-refractivity contribution in [3.05, 3.63) is 96.1 Å². The van der Waals surface area contributed by atoms with E-state index in [1.807, 2.05) is 24.3 Å². The number of aromatic carboxylic acids is 2. The third-order valence-electron chi connectivity index (χ3n) is 5.05. The molecule has 0 amide bonds. The number of phenols is 2. The van der Waals surface area contributed by atoms with E-state index >= 15 is 0 Å². The second-order valence-electron chi connectivity index (χ2n) is 7.51. The van der Waals surface area contributed by atoms with Crippen LogP contribution in [0.2, 0.25) is 0 Å². The first-order valence-corrected chi connectivity index (χ1v) is 10.5. The van der Waals surface area contributed by atoms with Crippen molar-refractivity contribution in [3.8, 4) is 22.6 Å². The number of hydrogen-bond donors (Lipinski definition) is 4. The molecule has 0 unspecified atom stereocenters. The number of azo groups is 2. The maximum atomic E-state index is 11.1. The van der Waals surface area contributed by atoms with Gasteiger partial charge in [-0.1, -0.05) is 24.3 Å². The van der Waals surface area contributed by atoms with E-state index in [4.69, 9.17) is 10.2 Å². The average molecular weight is 528 g/mol. The Balaban J connectivity index is 0.00000253. The van der Waals surface area contributed by atoms with Crippen LogP contribution in [0.3, 0.4) is 0 Å². The molecule has 0 saturated heterocycles. The molecule has 4 rings (SSSR count). The third-order valence-corrected chi connectivity index (χ3v) is 5.05. The molecule has 0 saturated carbocycles. The summed E-state index contributed by atoms with van der Waals surface area (Å²) in [5, 5.41) is 53.6. The number of aromatic hydroxyl groups is 2. The van der Waals surface area contributed by atoms with Gasteiger partial charge in [0.15, 0.2) is 0 Å². The minimum absolute atomic E-state index is 0. The van der Waals surface area contributed by atoms with E-state index in [2.05, 4.69) is 20.5 Å². The molecule has 180 valence electrons. The average Bonchev–Trinajstić information content (AvgIpc) is 2.88. The third kappa shape index (κ3) is 7.81. The first-order chi connectivity index (χ1) is 17.3. The van der Waals surface area contributed by atoms with Crippen LogP contribution in [0.1, 0.15) is 20.7 Å². The first-order valence-electron chi connectivity index (χ1n) is 10.5. The smallest absolute Gasteiger partial charge is 0.339 e.